The maximum absolute atomic E-state index is 11.5. The molecule has 4 nitrogen and oxygen atoms in total. The van der Waals surface area contributed by atoms with Crippen LogP contribution in [0.1, 0.15) is 30.9 Å². The van der Waals surface area contributed by atoms with E-state index in [0.29, 0.717) is 5.92 Å². The fourth-order valence-electron chi connectivity index (χ4n) is 2.39. The van der Waals surface area contributed by atoms with Gasteiger partial charge in [-0.15, -0.1) is 0 Å². The van der Waals surface area contributed by atoms with Crippen molar-refractivity contribution in [2.45, 2.75) is 25.3 Å². The van der Waals surface area contributed by atoms with Crippen LogP contribution in [0.2, 0.25) is 0 Å². The average Bonchev–Trinajstić information content (AvgIpc) is 3.09. The first kappa shape index (κ1) is 11.7. The summed E-state index contributed by atoms with van der Waals surface area (Å²) in [5.74, 6) is 0.569. The van der Waals surface area contributed by atoms with Crippen molar-refractivity contribution < 1.29 is 4.79 Å². The van der Waals surface area contributed by atoms with Crippen molar-refractivity contribution in [2.75, 3.05) is 0 Å². The summed E-state index contributed by atoms with van der Waals surface area (Å²) in [6, 6.07) is 7.37. The predicted molar refractivity (Wildman–Crippen MR) is 73.1 cm³/mol. The Labute approximate surface area is 114 Å². The van der Waals surface area contributed by atoms with Gasteiger partial charge in [0.2, 0.25) is 0 Å². The highest BCUT2D eigenvalue weighted by molar-refractivity contribution is 9.10. The minimum absolute atomic E-state index is 0.0614. The molecule has 1 unspecified atom stereocenters. The molecular weight excluding hydrogens is 294 g/mol. The summed E-state index contributed by atoms with van der Waals surface area (Å²) in [5.41, 5.74) is 7.61. The number of nitrogens with zero attached hydrogens (tertiary/aromatic N) is 2. The van der Waals surface area contributed by atoms with E-state index in [9.17, 15) is 4.79 Å². The van der Waals surface area contributed by atoms with E-state index < -0.39 is 6.03 Å². The van der Waals surface area contributed by atoms with Gasteiger partial charge in [0.1, 0.15) is 0 Å². The van der Waals surface area contributed by atoms with Gasteiger partial charge in [0.05, 0.1) is 6.04 Å². The second kappa shape index (κ2) is 4.39. The fourth-order valence-corrected chi connectivity index (χ4v) is 2.94. The quantitative estimate of drug-likeness (QED) is 0.897. The molecule has 0 radical (unpaired) electrons. The Balaban J connectivity index is 1.92. The van der Waals surface area contributed by atoms with E-state index in [-0.39, 0.29) is 6.04 Å². The zero-order valence-corrected chi connectivity index (χ0v) is 11.4. The molecule has 0 bridgehead atoms. The van der Waals surface area contributed by atoms with Crippen molar-refractivity contribution in [1.82, 2.24) is 5.01 Å². The molecule has 5 heteroatoms. The molecule has 0 spiro atoms. The number of nitrogens with two attached hydrogens (primary N) is 1. The van der Waals surface area contributed by atoms with E-state index in [1.54, 1.807) is 0 Å². The molecular formula is C13H14BrN3O. The Morgan fingerprint density at radius 2 is 2.11 bits per heavy atom. The number of carbonyl (C=O) groups is 1. The number of hydrazone groups is 1. The highest BCUT2D eigenvalue weighted by atomic mass is 79.9. The number of hydrogen-bond acceptors (Lipinski definition) is 2. The Morgan fingerprint density at radius 1 is 1.39 bits per heavy atom. The van der Waals surface area contributed by atoms with Crippen LogP contribution < -0.4 is 5.73 Å². The van der Waals surface area contributed by atoms with Crippen molar-refractivity contribution in [2.24, 2.45) is 16.8 Å². The predicted octanol–water partition coefficient (Wildman–Crippen LogP) is 3.04. The molecule has 2 N–H and O–H groups in total. The van der Waals surface area contributed by atoms with Crippen LogP contribution in [-0.2, 0) is 0 Å². The number of rotatable bonds is 2. The molecule has 1 aliphatic heterocycles. The highest BCUT2D eigenvalue weighted by Crippen LogP contribution is 2.41. The maximum Gasteiger partial charge on any atom is 0.335 e. The molecule has 0 aromatic heterocycles. The summed E-state index contributed by atoms with van der Waals surface area (Å²) in [4.78, 5) is 11.5. The summed E-state index contributed by atoms with van der Waals surface area (Å²) in [5, 5.41) is 5.83. The lowest BCUT2D eigenvalue weighted by Crippen LogP contribution is -2.32. The van der Waals surface area contributed by atoms with Crippen molar-refractivity contribution >= 4 is 27.7 Å². The SMILES string of the molecule is NC(=O)N1N=C(C2CC2)CC1c1ccccc1Br. The molecule has 1 aliphatic carbocycles. The largest absolute Gasteiger partial charge is 0.350 e. The Kier molecular flexibility index (Phi) is 2.86. The molecule has 1 atom stereocenters. The minimum Gasteiger partial charge on any atom is -0.350 e. The zero-order chi connectivity index (χ0) is 12.7. The Bertz CT molecular complexity index is 525. The first-order valence-corrected chi connectivity index (χ1v) is 6.86. The molecule has 1 aromatic rings. The first-order chi connectivity index (χ1) is 8.66. The van der Waals surface area contributed by atoms with Crippen molar-refractivity contribution in [3.63, 3.8) is 0 Å². The van der Waals surface area contributed by atoms with Crippen LogP contribution in [-0.4, -0.2) is 16.8 Å². The fraction of sp³-hybridized carbons (Fsp3) is 0.385. The Morgan fingerprint density at radius 3 is 2.72 bits per heavy atom. The number of halogens is 1. The van der Waals surface area contributed by atoms with Gasteiger partial charge >= 0.3 is 6.03 Å². The highest BCUT2D eigenvalue weighted by Gasteiger charge is 2.38. The monoisotopic (exact) mass is 307 g/mol. The molecule has 1 saturated carbocycles. The smallest absolute Gasteiger partial charge is 0.335 e. The number of carbonyl (C=O) groups excluding carboxylic acids is 1. The number of amides is 2. The van der Waals surface area contributed by atoms with Crippen LogP contribution in [0.5, 0.6) is 0 Å². The van der Waals surface area contributed by atoms with Crippen LogP contribution in [0, 0.1) is 5.92 Å². The summed E-state index contributed by atoms with van der Waals surface area (Å²) in [7, 11) is 0. The first-order valence-electron chi connectivity index (χ1n) is 6.07. The molecule has 1 aromatic carbocycles. The topological polar surface area (TPSA) is 58.7 Å². The Hall–Kier alpha value is -1.36. The van der Waals surface area contributed by atoms with Crippen LogP contribution in [0.15, 0.2) is 33.8 Å². The van der Waals surface area contributed by atoms with E-state index in [4.69, 9.17) is 5.73 Å². The van der Waals surface area contributed by atoms with Gasteiger partial charge in [-0.1, -0.05) is 34.1 Å². The number of primary amides is 1. The summed E-state index contributed by atoms with van der Waals surface area (Å²) in [6.07, 6.45) is 3.18. The van der Waals surface area contributed by atoms with Crippen molar-refractivity contribution in [3.8, 4) is 0 Å². The summed E-state index contributed by atoms with van der Waals surface area (Å²) < 4.78 is 0.994. The molecule has 1 fully saturated rings. The molecule has 18 heavy (non-hydrogen) atoms. The maximum atomic E-state index is 11.5. The van der Waals surface area contributed by atoms with E-state index in [0.717, 1.165) is 22.2 Å². The lowest BCUT2D eigenvalue weighted by atomic mass is 10.0. The van der Waals surface area contributed by atoms with Gasteiger partial charge in [-0.25, -0.2) is 9.80 Å². The van der Waals surface area contributed by atoms with Crippen molar-refractivity contribution in [1.29, 1.82) is 0 Å². The average molecular weight is 308 g/mol. The molecule has 0 saturated heterocycles. The molecule has 94 valence electrons. The van der Waals surface area contributed by atoms with Gasteiger partial charge in [-0.05, 0) is 30.4 Å². The van der Waals surface area contributed by atoms with Gasteiger partial charge < -0.3 is 5.73 Å². The molecule has 1 heterocycles. The number of benzene rings is 1. The number of hydrogen-bond donors (Lipinski definition) is 1. The van der Waals surface area contributed by atoms with Gasteiger partial charge in [0.15, 0.2) is 0 Å². The standard InChI is InChI=1S/C13H14BrN3O/c14-10-4-2-1-3-9(10)12-7-11(8-5-6-8)16-17(12)13(15)18/h1-4,8,12H,5-7H2,(H2,15,18). The molecule has 3 rings (SSSR count). The molecule has 2 amide bonds. The van der Waals surface area contributed by atoms with Gasteiger partial charge in [0.25, 0.3) is 0 Å². The zero-order valence-electron chi connectivity index (χ0n) is 9.84. The second-order valence-corrected chi connectivity index (χ2v) is 5.64. The number of urea groups is 1. The third kappa shape index (κ3) is 2.03. The normalized spacial score (nSPS) is 23.1. The van der Waals surface area contributed by atoms with Gasteiger partial charge in [-0.2, -0.15) is 5.10 Å². The van der Waals surface area contributed by atoms with E-state index >= 15 is 0 Å². The van der Waals surface area contributed by atoms with E-state index in [1.165, 1.54) is 17.9 Å². The van der Waals surface area contributed by atoms with Crippen LogP contribution in [0.3, 0.4) is 0 Å². The van der Waals surface area contributed by atoms with E-state index in [1.807, 2.05) is 24.3 Å². The lowest BCUT2D eigenvalue weighted by Gasteiger charge is -2.20. The minimum atomic E-state index is -0.480. The van der Waals surface area contributed by atoms with Crippen LogP contribution in [0.25, 0.3) is 0 Å². The second-order valence-electron chi connectivity index (χ2n) is 4.79. The summed E-state index contributed by atoms with van der Waals surface area (Å²) in [6.45, 7) is 0. The molecule has 2 aliphatic rings. The third-order valence-corrected chi connectivity index (χ3v) is 4.19. The van der Waals surface area contributed by atoms with Gasteiger partial charge in [0, 0.05) is 16.6 Å². The summed E-state index contributed by atoms with van der Waals surface area (Å²) >= 11 is 3.53. The van der Waals surface area contributed by atoms with Crippen LogP contribution >= 0.6 is 15.9 Å². The van der Waals surface area contributed by atoms with Crippen LogP contribution in [0.4, 0.5) is 4.79 Å². The van der Waals surface area contributed by atoms with E-state index in [2.05, 4.69) is 21.0 Å². The van der Waals surface area contributed by atoms with Crippen molar-refractivity contribution in [3.05, 3.63) is 34.3 Å². The lowest BCUT2D eigenvalue weighted by molar-refractivity contribution is 0.196. The third-order valence-electron chi connectivity index (χ3n) is 3.47. The van der Waals surface area contributed by atoms with Gasteiger partial charge in [-0.3, -0.25) is 0 Å².